The molecule has 16 heavy (non-hydrogen) atoms. The first-order chi connectivity index (χ1) is 7.66. The fourth-order valence-corrected chi connectivity index (χ4v) is 3.84. The zero-order valence-corrected chi connectivity index (χ0v) is 10.8. The van der Waals surface area contributed by atoms with Crippen LogP contribution in [0.25, 0.3) is 0 Å². The lowest BCUT2D eigenvalue weighted by molar-refractivity contribution is 0.595. The molecule has 1 aromatic rings. The van der Waals surface area contributed by atoms with Gasteiger partial charge in [-0.05, 0) is 17.7 Å². The SMILES string of the molecule is O=S(=O)(c1ccccc1)C1C=NC=C1CBr. The molecule has 1 unspecified atom stereocenters. The van der Waals surface area contributed by atoms with Gasteiger partial charge in [-0.3, -0.25) is 4.99 Å². The number of alkyl halides is 1. The summed E-state index contributed by atoms with van der Waals surface area (Å²) in [5.74, 6) is 0. The smallest absolute Gasteiger partial charge is 0.190 e. The number of rotatable bonds is 3. The van der Waals surface area contributed by atoms with Crippen molar-refractivity contribution in [1.29, 1.82) is 0 Å². The summed E-state index contributed by atoms with van der Waals surface area (Å²) in [6, 6.07) is 8.44. The highest BCUT2D eigenvalue weighted by Gasteiger charge is 2.30. The fraction of sp³-hybridized carbons (Fsp3) is 0.182. The number of benzene rings is 1. The Labute approximate surface area is 103 Å². The predicted octanol–water partition coefficient (Wildman–Crippen LogP) is 2.19. The van der Waals surface area contributed by atoms with Gasteiger partial charge in [0, 0.05) is 17.7 Å². The van der Waals surface area contributed by atoms with E-state index in [2.05, 4.69) is 20.9 Å². The Morgan fingerprint density at radius 3 is 2.56 bits per heavy atom. The second kappa shape index (κ2) is 4.51. The number of hydrogen-bond donors (Lipinski definition) is 0. The first-order valence-corrected chi connectivity index (χ1v) is 7.40. The molecule has 0 spiro atoms. The third-order valence-electron chi connectivity index (χ3n) is 2.39. The molecule has 3 nitrogen and oxygen atoms in total. The molecule has 84 valence electrons. The molecule has 1 heterocycles. The molecular formula is C11H10BrNO2S. The van der Waals surface area contributed by atoms with Gasteiger partial charge in [-0.2, -0.15) is 0 Å². The third kappa shape index (κ3) is 1.97. The first kappa shape index (κ1) is 11.5. The second-order valence-electron chi connectivity index (χ2n) is 3.41. The van der Waals surface area contributed by atoms with Crippen LogP contribution in [-0.2, 0) is 9.84 Å². The number of aliphatic imine (C=N–C) groups is 1. The van der Waals surface area contributed by atoms with Gasteiger partial charge in [0.2, 0.25) is 0 Å². The highest BCUT2D eigenvalue weighted by atomic mass is 79.9. The normalized spacial score (nSPS) is 19.8. The maximum Gasteiger partial charge on any atom is 0.190 e. The van der Waals surface area contributed by atoms with E-state index in [9.17, 15) is 8.42 Å². The van der Waals surface area contributed by atoms with E-state index in [1.54, 1.807) is 36.5 Å². The molecule has 0 radical (unpaired) electrons. The van der Waals surface area contributed by atoms with Crippen LogP contribution in [0, 0.1) is 0 Å². The van der Waals surface area contributed by atoms with Crippen molar-refractivity contribution in [3.05, 3.63) is 42.1 Å². The van der Waals surface area contributed by atoms with Crippen molar-refractivity contribution in [3.63, 3.8) is 0 Å². The molecule has 1 aliphatic rings. The summed E-state index contributed by atoms with van der Waals surface area (Å²) in [5, 5.41) is -0.113. The molecule has 1 aliphatic heterocycles. The van der Waals surface area contributed by atoms with E-state index in [1.165, 1.54) is 6.21 Å². The Morgan fingerprint density at radius 1 is 1.25 bits per heavy atom. The van der Waals surface area contributed by atoms with Crippen LogP contribution in [0.2, 0.25) is 0 Å². The third-order valence-corrected chi connectivity index (χ3v) is 5.06. The van der Waals surface area contributed by atoms with Gasteiger partial charge in [0.05, 0.1) is 4.90 Å². The van der Waals surface area contributed by atoms with Gasteiger partial charge in [-0.1, -0.05) is 34.1 Å². The maximum atomic E-state index is 12.3. The minimum atomic E-state index is -3.35. The molecule has 0 fully saturated rings. The summed E-state index contributed by atoms with van der Waals surface area (Å²) in [6.07, 6.45) is 3.07. The molecule has 0 saturated heterocycles. The minimum Gasteiger partial charge on any atom is -0.267 e. The lowest BCUT2D eigenvalue weighted by atomic mass is 10.3. The van der Waals surface area contributed by atoms with Gasteiger partial charge in [0.1, 0.15) is 5.25 Å². The van der Waals surface area contributed by atoms with Gasteiger partial charge in [-0.25, -0.2) is 8.42 Å². The predicted molar refractivity (Wildman–Crippen MR) is 67.8 cm³/mol. The van der Waals surface area contributed by atoms with Crippen LogP contribution < -0.4 is 0 Å². The number of sulfone groups is 1. The molecule has 0 bridgehead atoms. The Balaban J connectivity index is 2.42. The summed E-state index contributed by atoms with van der Waals surface area (Å²) < 4.78 is 24.5. The molecule has 1 aromatic carbocycles. The van der Waals surface area contributed by atoms with E-state index in [4.69, 9.17) is 0 Å². The van der Waals surface area contributed by atoms with Gasteiger partial charge in [-0.15, -0.1) is 0 Å². The Bertz CT molecular complexity index is 534. The van der Waals surface area contributed by atoms with E-state index in [0.29, 0.717) is 10.2 Å². The highest BCUT2D eigenvalue weighted by Crippen LogP contribution is 2.24. The largest absolute Gasteiger partial charge is 0.267 e. The van der Waals surface area contributed by atoms with E-state index in [0.717, 1.165) is 5.57 Å². The van der Waals surface area contributed by atoms with Crippen molar-refractivity contribution in [2.24, 2.45) is 4.99 Å². The van der Waals surface area contributed by atoms with Crippen LogP contribution >= 0.6 is 15.9 Å². The minimum absolute atomic E-state index is 0.334. The number of hydrogen-bond acceptors (Lipinski definition) is 3. The van der Waals surface area contributed by atoms with E-state index < -0.39 is 15.1 Å². The van der Waals surface area contributed by atoms with Crippen LogP contribution in [0.1, 0.15) is 0 Å². The quantitative estimate of drug-likeness (QED) is 0.803. The summed E-state index contributed by atoms with van der Waals surface area (Å²) in [6.45, 7) is 0. The Hall–Kier alpha value is -0.940. The maximum absolute atomic E-state index is 12.3. The van der Waals surface area contributed by atoms with Crippen molar-refractivity contribution < 1.29 is 8.42 Å². The molecule has 0 aliphatic carbocycles. The van der Waals surface area contributed by atoms with Gasteiger partial charge < -0.3 is 0 Å². The van der Waals surface area contributed by atoms with E-state index in [1.807, 2.05) is 0 Å². The topological polar surface area (TPSA) is 46.5 Å². The molecule has 5 heteroatoms. The summed E-state index contributed by atoms with van der Waals surface area (Å²) in [4.78, 5) is 4.25. The van der Waals surface area contributed by atoms with E-state index in [-0.39, 0.29) is 0 Å². The highest BCUT2D eigenvalue weighted by molar-refractivity contribution is 9.09. The molecule has 0 aromatic heterocycles. The average molecular weight is 300 g/mol. The lowest BCUT2D eigenvalue weighted by Crippen LogP contribution is -2.23. The standard InChI is InChI=1S/C11H10BrNO2S/c12-6-9-7-13-8-11(9)16(14,15)10-4-2-1-3-5-10/h1-5,7-8,11H,6H2. The van der Waals surface area contributed by atoms with Crippen molar-refractivity contribution in [2.75, 3.05) is 5.33 Å². The van der Waals surface area contributed by atoms with Crippen LogP contribution in [0.4, 0.5) is 0 Å². The van der Waals surface area contributed by atoms with Gasteiger partial charge >= 0.3 is 0 Å². The van der Waals surface area contributed by atoms with Crippen molar-refractivity contribution in [1.82, 2.24) is 0 Å². The monoisotopic (exact) mass is 299 g/mol. The zero-order chi connectivity index (χ0) is 11.6. The Morgan fingerprint density at radius 2 is 1.94 bits per heavy atom. The first-order valence-electron chi connectivity index (χ1n) is 4.73. The average Bonchev–Trinajstić information content (AvgIpc) is 2.79. The van der Waals surface area contributed by atoms with Crippen LogP contribution in [0.5, 0.6) is 0 Å². The van der Waals surface area contributed by atoms with Crippen molar-refractivity contribution in [3.8, 4) is 0 Å². The van der Waals surface area contributed by atoms with Crippen LogP contribution in [-0.4, -0.2) is 25.2 Å². The lowest BCUT2D eigenvalue weighted by Gasteiger charge is -2.11. The molecular weight excluding hydrogens is 290 g/mol. The van der Waals surface area contributed by atoms with Crippen molar-refractivity contribution >= 4 is 32.0 Å². The molecule has 1 atom stereocenters. The molecule has 0 N–H and O–H groups in total. The van der Waals surface area contributed by atoms with Crippen molar-refractivity contribution in [2.45, 2.75) is 10.1 Å². The zero-order valence-electron chi connectivity index (χ0n) is 8.38. The summed E-state index contributed by atoms with van der Waals surface area (Å²) >= 11 is 3.27. The van der Waals surface area contributed by atoms with Crippen LogP contribution in [0.3, 0.4) is 0 Å². The molecule has 0 amide bonds. The van der Waals surface area contributed by atoms with Gasteiger partial charge in [0.25, 0.3) is 0 Å². The second-order valence-corrected chi connectivity index (χ2v) is 6.04. The summed E-state index contributed by atoms with van der Waals surface area (Å²) in [5.41, 5.74) is 0.767. The van der Waals surface area contributed by atoms with E-state index >= 15 is 0 Å². The van der Waals surface area contributed by atoms with Crippen LogP contribution in [0.15, 0.2) is 52.0 Å². The summed E-state index contributed by atoms with van der Waals surface area (Å²) in [7, 11) is -3.35. The Kier molecular flexibility index (Phi) is 3.25. The number of nitrogens with zero attached hydrogens (tertiary/aromatic N) is 1. The number of halogens is 1. The van der Waals surface area contributed by atoms with Gasteiger partial charge in [0.15, 0.2) is 9.84 Å². The molecule has 2 rings (SSSR count). The molecule has 0 saturated carbocycles. The fourth-order valence-electron chi connectivity index (χ4n) is 1.53.